The fourth-order valence-electron chi connectivity index (χ4n) is 3.43. The Morgan fingerprint density at radius 1 is 1.20 bits per heavy atom. The first-order valence-corrected chi connectivity index (χ1v) is 9.90. The van der Waals surface area contributed by atoms with Gasteiger partial charge in [-0.15, -0.1) is 11.3 Å². The monoisotopic (exact) mass is 357 g/mol. The molecule has 0 aliphatic carbocycles. The summed E-state index contributed by atoms with van der Waals surface area (Å²) in [5.74, 6) is -0.234. The van der Waals surface area contributed by atoms with E-state index in [1.807, 2.05) is 37.3 Å². The van der Waals surface area contributed by atoms with E-state index in [2.05, 4.69) is 27.7 Å². The van der Waals surface area contributed by atoms with Gasteiger partial charge in [-0.2, -0.15) is 0 Å². The van der Waals surface area contributed by atoms with Crippen molar-refractivity contribution in [1.29, 1.82) is 0 Å². The van der Waals surface area contributed by atoms with Gasteiger partial charge in [0.05, 0.1) is 12.0 Å². The Morgan fingerprint density at radius 3 is 2.56 bits per heavy atom. The highest BCUT2D eigenvalue weighted by Gasteiger charge is 2.27. The third kappa shape index (κ3) is 4.48. The molecule has 5 heteroatoms. The topological polar surface area (TPSA) is 58.4 Å². The van der Waals surface area contributed by atoms with Crippen LogP contribution < -0.4 is 11.1 Å². The lowest BCUT2D eigenvalue weighted by atomic mass is 9.94. The molecule has 1 aromatic carbocycles. The molecule has 3 rings (SSSR count). The van der Waals surface area contributed by atoms with E-state index >= 15 is 0 Å². The van der Waals surface area contributed by atoms with Gasteiger partial charge in [0.1, 0.15) is 0 Å². The Hall–Kier alpha value is -1.69. The highest BCUT2D eigenvalue weighted by atomic mass is 32.1. The molecule has 4 nitrogen and oxygen atoms in total. The smallest absolute Gasteiger partial charge is 0.224 e. The molecule has 2 aromatic rings. The third-order valence-corrected chi connectivity index (χ3v) is 6.03. The highest BCUT2D eigenvalue weighted by Crippen LogP contribution is 2.28. The minimum atomic E-state index is -0.284. The number of hydrogen-bond donors (Lipinski definition) is 2. The Balaban J connectivity index is 1.61. The molecule has 3 unspecified atom stereocenters. The van der Waals surface area contributed by atoms with Crippen LogP contribution in [0.25, 0.3) is 0 Å². The summed E-state index contributed by atoms with van der Waals surface area (Å²) in [7, 11) is 0. The number of hydrogen-bond acceptors (Lipinski definition) is 4. The minimum Gasteiger partial charge on any atom is -0.354 e. The Labute approximate surface area is 154 Å². The highest BCUT2D eigenvalue weighted by molar-refractivity contribution is 7.10. The molecule has 3 N–H and O–H groups in total. The number of nitrogens with two attached hydrogens (primary N) is 1. The average Bonchev–Trinajstić information content (AvgIpc) is 3.35. The largest absolute Gasteiger partial charge is 0.354 e. The van der Waals surface area contributed by atoms with Crippen molar-refractivity contribution < 1.29 is 4.79 Å². The summed E-state index contributed by atoms with van der Waals surface area (Å²) < 4.78 is 0. The van der Waals surface area contributed by atoms with Gasteiger partial charge >= 0.3 is 0 Å². The molecule has 1 aliphatic rings. The predicted octanol–water partition coefficient (Wildman–Crippen LogP) is 3.34. The maximum absolute atomic E-state index is 12.6. The van der Waals surface area contributed by atoms with Crippen LogP contribution in [0.15, 0.2) is 47.8 Å². The van der Waals surface area contributed by atoms with E-state index in [4.69, 9.17) is 5.73 Å². The SMILES string of the molecule is CC(C(=O)NCC(c1cccs1)N1CCCC1)C(N)c1ccccc1. The first-order valence-electron chi connectivity index (χ1n) is 9.02. The van der Waals surface area contributed by atoms with Crippen molar-refractivity contribution in [3.8, 4) is 0 Å². The van der Waals surface area contributed by atoms with Crippen LogP contribution in [0.3, 0.4) is 0 Å². The van der Waals surface area contributed by atoms with Crippen molar-refractivity contribution in [2.24, 2.45) is 11.7 Å². The quantitative estimate of drug-likeness (QED) is 0.799. The predicted molar refractivity (Wildman–Crippen MR) is 103 cm³/mol. The number of carbonyl (C=O) groups excluding carboxylic acids is 1. The lowest BCUT2D eigenvalue weighted by Gasteiger charge is -2.28. The summed E-state index contributed by atoms with van der Waals surface area (Å²) >= 11 is 1.76. The van der Waals surface area contributed by atoms with Gasteiger partial charge in [-0.1, -0.05) is 43.3 Å². The molecule has 134 valence electrons. The molecule has 3 atom stereocenters. The van der Waals surface area contributed by atoms with Crippen LogP contribution in [0, 0.1) is 5.92 Å². The first-order chi connectivity index (χ1) is 12.2. The second kappa shape index (κ2) is 8.61. The molecule has 1 amide bonds. The van der Waals surface area contributed by atoms with Crippen LogP contribution in [0.2, 0.25) is 0 Å². The van der Waals surface area contributed by atoms with E-state index in [9.17, 15) is 4.79 Å². The van der Waals surface area contributed by atoms with Crippen molar-refractivity contribution in [1.82, 2.24) is 10.2 Å². The number of thiophene rings is 1. The van der Waals surface area contributed by atoms with Gasteiger partial charge in [-0.3, -0.25) is 9.69 Å². The standard InChI is InChI=1S/C20H27N3OS/c1-15(19(21)16-8-3-2-4-9-16)20(24)22-14-17(18-10-7-13-25-18)23-11-5-6-12-23/h2-4,7-10,13,15,17,19H,5-6,11-12,14,21H2,1H3,(H,22,24). The molecule has 0 bridgehead atoms. The Bertz CT molecular complexity index is 653. The van der Waals surface area contributed by atoms with Crippen molar-refractivity contribution in [3.63, 3.8) is 0 Å². The summed E-state index contributed by atoms with van der Waals surface area (Å²) in [6.07, 6.45) is 2.48. The van der Waals surface area contributed by atoms with Gasteiger partial charge in [0.15, 0.2) is 0 Å². The Morgan fingerprint density at radius 2 is 1.92 bits per heavy atom. The van der Waals surface area contributed by atoms with E-state index in [1.165, 1.54) is 17.7 Å². The number of nitrogens with one attached hydrogen (secondary N) is 1. The third-order valence-electron chi connectivity index (χ3n) is 5.06. The van der Waals surface area contributed by atoms with Gasteiger partial charge in [0, 0.05) is 17.5 Å². The zero-order valence-electron chi connectivity index (χ0n) is 14.7. The minimum absolute atomic E-state index is 0.0251. The van der Waals surface area contributed by atoms with Gasteiger partial charge in [0.2, 0.25) is 5.91 Å². The van der Waals surface area contributed by atoms with Crippen LogP contribution >= 0.6 is 11.3 Å². The maximum Gasteiger partial charge on any atom is 0.224 e. The number of benzene rings is 1. The molecule has 1 fully saturated rings. The summed E-state index contributed by atoms with van der Waals surface area (Å²) in [6.45, 7) is 4.77. The van der Waals surface area contributed by atoms with Crippen LogP contribution in [0.4, 0.5) is 0 Å². The van der Waals surface area contributed by atoms with E-state index in [0.29, 0.717) is 6.54 Å². The molecule has 25 heavy (non-hydrogen) atoms. The average molecular weight is 358 g/mol. The number of nitrogens with zero attached hydrogens (tertiary/aromatic N) is 1. The second-order valence-electron chi connectivity index (χ2n) is 6.74. The first kappa shape index (κ1) is 18.1. The number of rotatable bonds is 7. The molecule has 2 heterocycles. The van der Waals surface area contributed by atoms with E-state index in [-0.39, 0.29) is 23.9 Å². The molecular formula is C20H27N3OS. The van der Waals surface area contributed by atoms with Crippen molar-refractivity contribution in [2.45, 2.75) is 31.8 Å². The summed E-state index contributed by atoms with van der Waals surface area (Å²) in [6, 6.07) is 14.1. The van der Waals surface area contributed by atoms with Crippen LogP contribution in [-0.4, -0.2) is 30.4 Å². The van der Waals surface area contributed by atoms with Crippen molar-refractivity contribution >= 4 is 17.2 Å². The Kier molecular flexibility index (Phi) is 6.24. The van der Waals surface area contributed by atoms with Gasteiger partial charge < -0.3 is 11.1 Å². The molecule has 0 saturated carbocycles. The molecule has 1 aliphatic heterocycles. The molecular weight excluding hydrogens is 330 g/mol. The molecule has 1 saturated heterocycles. The fourth-order valence-corrected chi connectivity index (χ4v) is 4.29. The summed E-state index contributed by atoms with van der Waals surface area (Å²) in [5, 5.41) is 5.25. The number of carbonyl (C=O) groups is 1. The normalized spacial score (nSPS) is 18.6. The van der Waals surface area contributed by atoms with E-state index in [1.54, 1.807) is 11.3 Å². The van der Waals surface area contributed by atoms with Crippen molar-refractivity contribution in [2.75, 3.05) is 19.6 Å². The lowest BCUT2D eigenvalue weighted by molar-refractivity contribution is -0.125. The van der Waals surface area contributed by atoms with Crippen LogP contribution in [0.5, 0.6) is 0 Å². The summed E-state index contributed by atoms with van der Waals surface area (Å²) in [4.78, 5) is 16.4. The van der Waals surface area contributed by atoms with Crippen LogP contribution in [-0.2, 0) is 4.79 Å². The zero-order chi connectivity index (χ0) is 17.6. The van der Waals surface area contributed by atoms with Gasteiger partial charge in [-0.05, 0) is 42.9 Å². The maximum atomic E-state index is 12.6. The number of amides is 1. The molecule has 1 aromatic heterocycles. The lowest BCUT2D eigenvalue weighted by Crippen LogP contribution is -2.40. The number of likely N-dealkylation sites (tertiary alicyclic amines) is 1. The van der Waals surface area contributed by atoms with Gasteiger partial charge in [0.25, 0.3) is 0 Å². The zero-order valence-corrected chi connectivity index (χ0v) is 15.5. The van der Waals surface area contributed by atoms with Crippen LogP contribution in [0.1, 0.15) is 42.3 Å². The van der Waals surface area contributed by atoms with E-state index < -0.39 is 0 Å². The fraction of sp³-hybridized carbons (Fsp3) is 0.450. The van der Waals surface area contributed by atoms with Crippen molar-refractivity contribution in [3.05, 3.63) is 58.3 Å². The van der Waals surface area contributed by atoms with Gasteiger partial charge in [-0.25, -0.2) is 0 Å². The second-order valence-corrected chi connectivity index (χ2v) is 7.72. The summed E-state index contributed by atoms with van der Waals surface area (Å²) in [5.41, 5.74) is 7.29. The van der Waals surface area contributed by atoms with E-state index in [0.717, 1.165) is 18.7 Å². The molecule has 0 spiro atoms. The molecule has 0 radical (unpaired) electrons.